The van der Waals surface area contributed by atoms with Crippen molar-refractivity contribution in [1.82, 2.24) is 4.72 Å². The lowest BCUT2D eigenvalue weighted by Crippen LogP contribution is -2.21. The molecule has 0 bridgehead atoms. The predicted molar refractivity (Wildman–Crippen MR) is 71.3 cm³/mol. The van der Waals surface area contributed by atoms with Crippen LogP contribution < -0.4 is 10.0 Å². The van der Waals surface area contributed by atoms with Crippen molar-refractivity contribution in [2.45, 2.75) is 17.7 Å². The summed E-state index contributed by atoms with van der Waals surface area (Å²) in [5, 5.41) is 2.57. The standard InChI is InChI=1S/C11H15ClN2O3S/c1-13-18(16,17)10-6-3-2-5-9(10)14-11(15)7-4-8-12/h2-3,5-6,13H,4,7-8H2,1H3,(H,14,15). The first kappa shape index (κ1) is 14.9. The first-order chi connectivity index (χ1) is 8.51. The minimum atomic E-state index is -3.59. The molecule has 100 valence electrons. The van der Waals surface area contributed by atoms with Gasteiger partial charge in [-0.1, -0.05) is 12.1 Å². The summed E-state index contributed by atoms with van der Waals surface area (Å²) in [6, 6.07) is 6.23. The topological polar surface area (TPSA) is 75.3 Å². The number of halogens is 1. The van der Waals surface area contributed by atoms with Gasteiger partial charge in [-0.25, -0.2) is 13.1 Å². The number of rotatable bonds is 6. The van der Waals surface area contributed by atoms with Crippen molar-refractivity contribution in [3.63, 3.8) is 0 Å². The fourth-order valence-corrected chi connectivity index (χ4v) is 2.37. The highest BCUT2D eigenvalue weighted by Gasteiger charge is 2.17. The Morgan fingerprint density at radius 1 is 1.33 bits per heavy atom. The minimum absolute atomic E-state index is 0.0479. The molecular weight excluding hydrogens is 276 g/mol. The number of sulfonamides is 1. The van der Waals surface area contributed by atoms with Gasteiger partial charge in [0.1, 0.15) is 4.90 Å². The summed E-state index contributed by atoms with van der Waals surface area (Å²) in [4.78, 5) is 11.6. The van der Waals surface area contributed by atoms with Crippen LogP contribution in [0.4, 0.5) is 5.69 Å². The number of anilines is 1. The average molecular weight is 291 g/mol. The highest BCUT2D eigenvalue weighted by atomic mass is 35.5. The van der Waals surface area contributed by atoms with E-state index >= 15 is 0 Å². The summed E-state index contributed by atoms with van der Waals surface area (Å²) in [5.74, 6) is 0.138. The number of hydrogen-bond donors (Lipinski definition) is 2. The first-order valence-electron chi connectivity index (χ1n) is 5.39. The van der Waals surface area contributed by atoms with E-state index in [1.807, 2.05) is 0 Å². The van der Waals surface area contributed by atoms with Crippen molar-refractivity contribution in [3.05, 3.63) is 24.3 Å². The van der Waals surface area contributed by atoms with Crippen LogP contribution >= 0.6 is 11.6 Å². The molecular formula is C11H15ClN2O3S. The van der Waals surface area contributed by atoms with E-state index in [2.05, 4.69) is 10.0 Å². The molecule has 0 unspecified atom stereocenters. The van der Waals surface area contributed by atoms with E-state index in [4.69, 9.17) is 11.6 Å². The summed E-state index contributed by atoms with van der Waals surface area (Å²) in [6.07, 6.45) is 0.811. The third kappa shape index (κ3) is 3.97. The molecule has 0 radical (unpaired) electrons. The summed E-state index contributed by atoms with van der Waals surface area (Å²) in [7, 11) is -2.26. The molecule has 0 aliphatic rings. The molecule has 0 aliphatic carbocycles. The largest absolute Gasteiger partial charge is 0.325 e. The predicted octanol–water partition coefficient (Wildman–Crippen LogP) is 1.55. The Kier molecular flexibility index (Phi) is 5.58. The molecule has 0 atom stereocenters. The smallest absolute Gasteiger partial charge is 0.242 e. The number of amides is 1. The van der Waals surface area contributed by atoms with Crippen LogP contribution in [0.2, 0.25) is 0 Å². The molecule has 0 spiro atoms. The zero-order chi connectivity index (χ0) is 13.6. The van der Waals surface area contributed by atoms with Gasteiger partial charge in [0.2, 0.25) is 15.9 Å². The van der Waals surface area contributed by atoms with Gasteiger partial charge in [-0.3, -0.25) is 4.79 Å². The average Bonchev–Trinajstić information content (AvgIpc) is 2.37. The zero-order valence-corrected chi connectivity index (χ0v) is 11.5. The summed E-state index contributed by atoms with van der Waals surface area (Å²) >= 11 is 5.49. The number of nitrogens with one attached hydrogen (secondary N) is 2. The van der Waals surface area contributed by atoms with Crippen molar-refractivity contribution in [3.8, 4) is 0 Å². The molecule has 2 N–H and O–H groups in total. The fourth-order valence-electron chi connectivity index (χ4n) is 1.35. The SMILES string of the molecule is CNS(=O)(=O)c1ccccc1NC(=O)CCCCl. The molecule has 0 aliphatic heterocycles. The molecule has 0 heterocycles. The van der Waals surface area contributed by atoms with Crippen LogP contribution in [0.1, 0.15) is 12.8 Å². The highest BCUT2D eigenvalue weighted by Crippen LogP contribution is 2.20. The lowest BCUT2D eigenvalue weighted by molar-refractivity contribution is -0.116. The second kappa shape index (κ2) is 6.72. The van der Waals surface area contributed by atoms with Crippen molar-refractivity contribution >= 4 is 33.2 Å². The van der Waals surface area contributed by atoms with Crippen molar-refractivity contribution in [2.24, 2.45) is 0 Å². The van der Waals surface area contributed by atoms with E-state index in [1.165, 1.54) is 13.1 Å². The maximum absolute atomic E-state index is 11.7. The molecule has 7 heteroatoms. The highest BCUT2D eigenvalue weighted by molar-refractivity contribution is 7.89. The van der Waals surface area contributed by atoms with Crippen LogP contribution in [-0.4, -0.2) is 27.3 Å². The number of carbonyl (C=O) groups is 1. The Morgan fingerprint density at radius 2 is 2.00 bits per heavy atom. The van der Waals surface area contributed by atoms with Crippen LogP contribution in [0.15, 0.2) is 29.2 Å². The molecule has 1 aromatic carbocycles. The van der Waals surface area contributed by atoms with Crippen molar-refractivity contribution < 1.29 is 13.2 Å². The number of para-hydroxylation sites is 1. The molecule has 1 aromatic rings. The summed E-state index contributed by atoms with van der Waals surface area (Å²) in [6.45, 7) is 0. The van der Waals surface area contributed by atoms with Gasteiger partial charge in [-0.15, -0.1) is 11.6 Å². The normalized spacial score (nSPS) is 11.2. The van der Waals surface area contributed by atoms with Crippen LogP contribution in [0.3, 0.4) is 0 Å². The Bertz CT molecular complexity index is 517. The second-order valence-corrected chi connectivity index (χ2v) is 5.78. The summed E-state index contributed by atoms with van der Waals surface area (Å²) in [5.41, 5.74) is 0.270. The van der Waals surface area contributed by atoms with E-state index < -0.39 is 10.0 Å². The minimum Gasteiger partial charge on any atom is -0.325 e. The van der Waals surface area contributed by atoms with Crippen LogP contribution in [0.5, 0.6) is 0 Å². The lowest BCUT2D eigenvalue weighted by Gasteiger charge is -2.10. The third-order valence-corrected chi connectivity index (χ3v) is 4.00. The maximum Gasteiger partial charge on any atom is 0.242 e. The van der Waals surface area contributed by atoms with Gasteiger partial charge in [0.05, 0.1) is 5.69 Å². The van der Waals surface area contributed by atoms with E-state index in [9.17, 15) is 13.2 Å². The fraction of sp³-hybridized carbons (Fsp3) is 0.364. The van der Waals surface area contributed by atoms with Crippen molar-refractivity contribution in [2.75, 3.05) is 18.2 Å². The van der Waals surface area contributed by atoms with Gasteiger partial charge in [0, 0.05) is 12.3 Å². The first-order valence-corrected chi connectivity index (χ1v) is 7.41. The maximum atomic E-state index is 11.7. The Labute approximate surface area is 112 Å². The number of alkyl halides is 1. The van der Waals surface area contributed by atoms with E-state index in [1.54, 1.807) is 18.2 Å². The molecule has 1 rings (SSSR count). The molecule has 0 fully saturated rings. The van der Waals surface area contributed by atoms with Crippen LogP contribution in [-0.2, 0) is 14.8 Å². The van der Waals surface area contributed by atoms with Gasteiger partial charge in [0.15, 0.2) is 0 Å². The molecule has 0 saturated heterocycles. The monoisotopic (exact) mass is 290 g/mol. The number of carbonyl (C=O) groups excluding carboxylic acids is 1. The Balaban J connectivity index is 2.93. The Morgan fingerprint density at radius 3 is 2.61 bits per heavy atom. The zero-order valence-electron chi connectivity index (χ0n) is 9.94. The molecule has 0 saturated carbocycles. The van der Waals surface area contributed by atoms with Crippen LogP contribution in [0.25, 0.3) is 0 Å². The Hall–Kier alpha value is -1.11. The van der Waals surface area contributed by atoms with E-state index in [-0.39, 0.29) is 22.9 Å². The van der Waals surface area contributed by atoms with Gasteiger partial charge in [0.25, 0.3) is 0 Å². The molecule has 0 aromatic heterocycles. The second-order valence-electron chi connectivity index (χ2n) is 3.54. The molecule has 18 heavy (non-hydrogen) atoms. The van der Waals surface area contributed by atoms with Gasteiger partial charge in [-0.05, 0) is 25.6 Å². The lowest BCUT2D eigenvalue weighted by atomic mass is 10.3. The summed E-state index contributed by atoms with van der Waals surface area (Å²) < 4.78 is 25.7. The van der Waals surface area contributed by atoms with E-state index in [0.29, 0.717) is 12.3 Å². The van der Waals surface area contributed by atoms with E-state index in [0.717, 1.165) is 0 Å². The van der Waals surface area contributed by atoms with Gasteiger partial charge < -0.3 is 5.32 Å². The number of benzene rings is 1. The van der Waals surface area contributed by atoms with Gasteiger partial charge >= 0.3 is 0 Å². The molecule has 1 amide bonds. The van der Waals surface area contributed by atoms with Gasteiger partial charge in [-0.2, -0.15) is 0 Å². The van der Waals surface area contributed by atoms with Crippen LogP contribution in [0, 0.1) is 0 Å². The number of hydrogen-bond acceptors (Lipinski definition) is 3. The quantitative estimate of drug-likeness (QED) is 0.781. The van der Waals surface area contributed by atoms with Crippen molar-refractivity contribution in [1.29, 1.82) is 0 Å². The molecule has 5 nitrogen and oxygen atoms in total. The third-order valence-electron chi connectivity index (χ3n) is 2.26.